The van der Waals surface area contributed by atoms with Gasteiger partial charge in [-0.05, 0) is 36.4 Å². The Bertz CT molecular complexity index is 1450. The summed E-state index contributed by atoms with van der Waals surface area (Å²) in [6.45, 7) is 0. The first kappa shape index (κ1) is 18.8. The van der Waals surface area contributed by atoms with Crippen LogP contribution in [0.25, 0.3) is 0 Å². The van der Waals surface area contributed by atoms with Crippen molar-refractivity contribution in [3.63, 3.8) is 0 Å². The third-order valence-corrected chi connectivity index (χ3v) is 5.91. The summed E-state index contributed by atoms with van der Waals surface area (Å²) < 4.78 is 0. The Balaban J connectivity index is 1.63. The highest BCUT2D eigenvalue weighted by atomic mass is 16.2. The zero-order valence-corrected chi connectivity index (χ0v) is 16.6. The maximum absolute atomic E-state index is 13.2. The van der Waals surface area contributed by atoms with Gasteiger partial charge in [-0.2, -0.15) is 0 Å². The van der Waals surface area contributed by atoms with Gasteiger partial charge in [0, 0.05) is 0 Å². The lowest BCUT2D eigenvalue weighted by molar-refractivity contribution is 0.0874. The van der Waals surface area contributed by atoms with Crippen molar-refractivity contribution in [1.82, 2.24) is 5.32 Å². The number of carbonyl (C=O) groups excluding carboxylic acids is 6. The summed E-state index contributed by atoms with van der Waals surface area (Å²) in [5.41, 5.74) is -0.212. The molecule has 6 amide bonds. The number of benzene rings is 3. The first-order valence-electron chi connectivity index (χ1n) is 9.88. The fourth-order valence-corrected chi connectivity index (χ4v) is 4.44. The van der Waals surface area contributed by atoms with Gasteiger partial charge < -0.3 is 0 Å². The Labute approximate surface area is 185 Å². The smallest absolute Gasteiger partial charge is 0.266 e. The van der Waals surface area contributed by atoms with Crippen LogP contribution in [0.5, 0.6) is 0 Å². The van der Waals surface area contributed by atoms with Gasteiger partial charge in [-0.15, -0.1) is 0 Å². The molecule has 9 heteroatoms. The Kier molecular flexibility index (Phi) is 3.59. The van der Waals surface area contributed by atoms with Gasteiger partial charge in [0.05, 0.1) is 44.8 Å². The molecule has 3 heterocycles. The molecule has 0 radical (unpaired) electrons. The molecule has 3 aromatic carbocycles. The van der Waals surface area contributed by atoms with E-state index >= 15 is 0 Å². The molecule has 0 fully saturated rings. The molecule has 0 aromatic heterocycles. The van der Waals surface area contributed by atoms with Crippen LogP contribution in [0.15, 0.2) is 60.7 Å². The summed E-state index contributed by atoms with van der Waals surface area (Å²) in [4.78, 5) is 79.4. The van der Waals surface area contributed by atoms with Gasteiger partial charge in [0.25, 0.3) is 35.4 Å². The molecule has 33 heavy (non-hydrogen) atoms. The van der Waals surface area contributed by atoms with Crippen molar-refractivity contribution >= 4 is 46.8 Å². The van der Waals surface area contributed by atoms with Crippen LogP contribution >= 0.6 is 0 Å². The third-order valence-electron chi connectivity index (χ3n) is 5.91. The second-order valence-corrected chi connectivity index (χ2v) is 7.62. The van der Waals surface area contributed by atoms with Crippen molar-refractivity contribution in [2.45, 2.75) is 0 Å². The molecule has 0 atom stereocenters. The Morgan fingerprint density at radius 3 is 1.42 bits per heavy atom. The molecule has 0 saturated carbocycles. The molecule has 1 N–H and O–H groups in total. The maximum atomic E-state index is 13.2. The Hall–Kier alpha value is -4.92. The maximum Gasteiger partial charge on any atom is 0.266 e. The molecule has 0 unspecified atom stereocenters. The van der Waals surface area contributed by atoms with Crippen LogP contribution in [-0.4, -0.2) is 35.4 Å². The molecule has 0 aliphatic carbocycles. The summed E-state index contributed by atoms with van der Waals surface area (Å²) in [6.07, 6.45) is 0. The van der Waals surface area contributed by atoms with E-state index in [4.69, 9.17) is 0 Å². The first-order chi connectivity index (χ1) is 15.9. The number of nitrogens with zero attached hydrogens (tertiary/aromatic N) is 2. The lowest BCUT2D eigenvalue weighted by Crippen LogP contribution is -2.36. The Morgan fingerprint density at radius 2 is 0.939 bits per heavy atom. The number of rotatable bonds is 2. The fraction of sp³-hybridized carbons (Fsp3) is 0. The molecule has 3 aliphatic rings. The monoisotopic (exact) mass is 437 g/mol. The lowest BCUT2D eigenvalue weighted by atomic mass is 10.0. The Morgan fingerprint density at radius 1 is 0.485 bits per heavy atom. The zero-order valence-electron chi connectivity index (χ0n) is 16.6. The van der Waals surface area contributed by atoms with Crippen molar-refractivity contribution in [3.05, 3.63) is 94.0 Å². The van der Waals surface area contributed by atoms with Gasteiger partial charge in [0.1, 0.15) is 0 Å². The normalized spacial score (nSPS) is 16.4. The van der Waals surface area contributed by atoms with Crippen LogP contribution in [0.2, 0.25) is 0 Å². The molecular formula is C24H11N3O6. The zero-order chi connectivity index (χ0) is 23.0. The van der Waals surface area contributed by atoms with Crippen LogP contribution in [0.3, 0.4) is 0 Å². The number of fused-ring (bicyclic) bond motifs is 3. The number of hydrogen-bond donors (Lipinski definition) is 1. The lowest BCUT2D eigenvalue weighted by Gasteiger charge is -2.24. The van der Waals surface area contributed by atoms with Gasteiger partial charge in [-0.3, -0.25) is 34.1 Å². The first-order valence-corrected chi connectivity index (χ1v) is 9.88. The predicted molar refractivity (Wildman–Crippen MR) is 113 cm³/mol. The summed E-state index contributed by atoms with van der Waals surface area (Å²) in [6, 6.07) is 14.9. The van der Waals surface area contributed by atoms with Gasteiger partial charge in [0.2, 0.25) is 0 Å². The van der Waals surface area contributed by atoms with Gasteiger partial charge in [-0.1, -0.05) is 24.3 Å². The van der Waals surface area contributed by atoms with E-state index in [9.17, 15) is 28.8 Å². The number of anilines is 2. The van der Waals surface area contributed by atoms with Crippen molar-refractivity contribution in [2.24, 2.45) is 0 Å². The number of nitrogens with one attached hydrogen (secondary N) is 1. The van der Waals surface area contributed by atoms with E-state index in [0.29, 0.717) is 0 Å². The number of hydrogen-bond acceptors (Lipinski definition) is 6. The van der Waals surface area contributed by atoms with Gasteiger partial charge >= 0.3 is 0 Å². The van der Waals surface area contributed by atoms with Crippen LogP contribution in [0.4, 0.5) is 11.4 Å². The molecule has 3 aliphatic heterocycles. The number of carbonyl (C=O) groups is 6. The average molecular weight is 437 g/mol. The fourth-order valence-electron chi connectivity index (χ4n) is 4.44. The summed E-state index contributed by atoms with van der Waals surface area (Å²) in [7, 11) is 0. The standard InChI is InChI=1S/C24H11N3O6/c28-19-15-9-10-16(26-21(30)11-5-1-2-6-12(11)22(26)31)18(17(15)20(29)25-19)27-23(32)13-7-3-4-8-14(13)24(27)33/h1-10H,(H,25,28,29). The molecule has 158 valence electrons. The number of imide groups is 3. The van der Waals surface area contributed by atoms with E-state index in [2.05, 4.69) is 5.32 Å². The highest BCUT2D eigenvalue weighted by Crippen LogP contribution is 2.43. The second kappa shape index (κ2) is 6.30. The van der Waals surface area contributed by atoms with Crippen molar-refractivity contribution in [2.75, 3.05) is 9.80 Å². The van der Waals surface area contributed by atoms with Crippen molar-refractivity contribution < 1.29 is 28.8 Å². The molecular weight excluding hydrogens is 426 g/mol. The topological polar surface area (TPSA) is 121 Å². The van der Waals surface area contributed by atoms with Crippen LogP contribution in [0, 0.1) is 0 Å². The third kappa shape index (κ3) is 2.30. The SMILES string of the molecule is O=C1NC(=O)c2c1ccc(N1C(=O)c3ccccc3C1=O)c2N1C(=O)c2ccccc2C1=O. The molecule has 0 saturated heterocycles. The summed E-state index contributed by atoms with van der Waals surface area (Å²) in [5, 5.41) is 2.14. The minimum absolute atomic E-state index is 0.0630. The minimum atomic E-state index is -0.833. The quantitative estimate of drug-likeness (QED) is 0.614. The molecule has 3 aromatic rings. The van der Waals surface area contributed by atoms with Gasteiger partial charge in [0.15, 0.2) is 0 Å². The van der Waals surface area contributed by atoms with Crippen LogP contribution in [0.1, 0.15) is 62.1 Å². The van der Waals surface area contributed by atoms with Crippen molar-refractivity contribution in [3.8, 4) is 0 Å². The second-order valence-electron chi connectivity index (χ2n) is 7.62. The average Bonchev–Trinajstić information content (AvgIpc) is 3.36. The van der Waals surface area contributed by atoms with E-state index in [0.717, 1.165) is 9.80 Å². The van der Waals surface area contributed by atoms with Gasteiger partial charge in [-0.25, -0.2) is 9.80 Å². The van der Waals surface area contributed by atoms with Crippen LogP contribution < -0.4 is 15.1 Å². The van der Waals surface area contributed by atoms with E-state index in [-0.39, 0.29) is 44.8 Å². The highest BCUT2D eigenvalue weighted by Gasteiger charge is 2.46. The molecule has 0 spiro atoms. The van der Waals surface area contributed by atoms with E-state index in [1.807, 2.05) is 0 Å². The summed E-state index contributed by atoms with van der Waals surface area (Å²) in [5.74, 6) is -4.33. The summed E-state index contributed by atoms with van der Waals surface area (Å²) >= 11 is 0. The van der Waals surface area contributed by atoms with E-state index in [1.54, 1.807) is 24.3 Å². The van der Waals surface area contributed by atoms with E-state index in [1.165, 1.54) is 36.4 Å². The molecule has 0 bridgehead atoms. The minimum Gasteiger partial charge on any atom is -0.288 e. The highest BCUT2D eigenvalue weighted by molar-refractivity contribution is 6.41. The molecule has 9 nitrogen and oxygen atoms in total. The van der Waals surface area contributed by atoms with Crippen LogP contribution in [-0.2, 0) is 0 Å². The van der Waals surface area contributed by atoms with Crippen molar-refractivity contribution in [1.29, 1.82) is 0 Å². The van der Waals surface area contributed by atoms with E-state index < -0.39 is 35.4 Å². The number of amides is 6. The predicted octanol–water partition coefficient (Wildman–Crippen LogP) is 2.17. The largest absolute Gasteiger partial charge is 0.288 e. The molecule has 6 rings (SSSR count).